The lowest BCUT2D eigenvalue weighted by Gasteiger charge is -2.34. The van der Waals surface area contributed by atoms with Crippen LogP contribution < -0.4 is 22.1 Å². The van der Waals surface area contributed by atoms with Crippen molar-refractivity contribution in [1.29, 1.82) is 0 Å². The molecule has 0 saturated carbocycles. The number of rotatable bonds is 7. The Labute approximate surface area is 171 Å². The third-order valence-corrected chi connectivity index (χ3v) is 5.61. The van der Waals surface area contributed by atoms with Gasteiger partial charge in [-0.2, -0.15) is 0 Å². The molecule has 9 heteroatoms. The van der Waals surface area contributed by atoms with Crippen molar-refractivity contribution in [3.05, 3.63) is 75.0 Å². The van der Waals surface area contributed by atoms with Gasteiger partial charge in [-0.1, -0.05) is 17.3 Å². The number of hydrogen-bond acceptors (Lipinski definition) is 6. The molecule has 3 aromatic rings. The van der Waals surface area contributed by atoms with Crippen LogP contribution >= 0.6 is 0 Å². The summed E-state index contributed by atoms with van der Waals surface area (Å²) in [6.45, 7) is 0.330. The van der Waals surface area contributed by atoms with Gasteiger partial charge in [-0.15, -0.1) is 0 Å². The van der Waals surface area contributed by atoms with Crippen LogP contribution in [0.2, 0.25) is 0 Å². The van der Waals surface area contributed by atoms with Crippen LogP contribution in [0.1, 0.15) is 34.5 Å². The number of hydrogen-bond donors (Lipinski definition) is 4. The summed E-state index contributed by atoms with van der Waals surface area (Å²) < 4.78 is 4.87. The maximum absolute atomic E-state index is 11.9. The second kappa shape index (κ2) is 7.96. The zero-order chi connectivity index (χ0) is 21.1. The van der Waals surface area contributed by atoms with E-state index in [9.17, 15) is 14.4 Å². The number of amides is 2. The first kappa shape index (κ1) is 19.6. The predicted octanol–water partition coefficient (Wildman–Crippen LogP) is 1.28. The topological polar surface area (TPSA) is 143 Å². The number of aromatic amines is 1. The summed E-state index contributed by atoms with van der Waals surface area (Å²) in [5.41, 5.74) is 10.4. The highest BCUT2D eigenvalue weighted by Crippen LogP contribution is 2.46. The van der Waals surface area contributed by atoms with Crippen molar-refractivity contribution in [2.45, 2.75) is 24.7 Å². The van der Waals surface area contributed by atoms with E-state index in [-0.39, 0.29) is 0 Å². The predicted molar refractivity (Wildman–Crippen MR) is 110 cm³/mol. The first-order valence-electron chi connectivity index (χ1n) is 9.56. The fraction of sp³-hybridized carbons (Fsp3) is 0.238. The lowest BCUT2D eigenvalue weighted by Crippen LogP contribution is -2.35. The summed E-state index contributed by atoms with van der Waals surface area (Å²) in [4.78, 5) is 36.4. The van der Waals surface area contributed by atoms with Crippen molar-refractivity contribution in [1.82, 2.24) is 10.1 Å². The van der Waals surface area contributed by atoms with E-state index < -0.39 is 11.2 Å². The van der Waals surface area contributed by atoms with Gasteiger partial charge in [0, 0.05) is 11.4 Å². The third-order valence-electron chi connectivity index (χ3n) is 5.61. The van der Waals surface area contributed by atoms with E-state index in [0.29, 0.717) is 55.8 Å². The van der Waals surface area contributed by atoms with Crippen molar-refractivity contribution in [3.8, 4) is 0 Å². The summed E-state index contributed by atoms with van der Waals surface area (Å²) >= 11 is 0. The van der Waals surface area contributed by atoms with Crippen LogP contribution in [0.25, 0.3) is 0 Å². The molecular formula is C21H21N5O4. The molecule has 0 fully saturated rings. The Balaban J connectivity index is 2.03. The lowest BCUT2D eigenvalue weighted by molar-refractivity contribution is -0.106. The number of fused-ring (bicyclic) bond motifs is 2. The molecule has 0 aliphatic heterocycles. The number of nitrogens with zero attached hydrogens (tertiary/aromatic N) is 1. The van der Waals surface area contributed by atoms with Crippen LogP contribution in [-0.2, 0) is 27.8 Å². The fourth-order valence-corrected chi connectivity index (χ4v) is 4.44. The van der Waals surface area contributed by atoms with Crippen LogP contribution in [0.15, 0.2) is 45.7 Å². The summed E-state index contributed by atoms with van der Waals surface area (Å²) in [7, 11) is 0. The molecule has 5 N–H and O–H groups in total. The second-order valence-electron chi connectivity index (χ2n) is 7.16. The minimum atomic E-state index is -0.846. The van der Waals surface area contributed by atoms with Gasteiger partial charge in [0.1, 0.15) is 0 Å². The third kappa shape index (κ3) is 3.18. The normalized spacial score (nSPS) is 14.2. The van der Waals surface area contributed by atoms with Crippen molar-refractivity contribution in [2.24, 2.45) is 5.73 Å². The van der Waals surface area contributed by atoms with Gasteiger partial charge in [0.05, 0.1) is 5.41 Å². The van der Waals surface area contributed by atoms with Crippen LogP contribution in [0.4, 0.5) is 11.4 Å². The highest BCUT2D eigenvalue weighted by atomic mass is 16.5. The molecule has 0 bridgehead atoms. The highest BCUT2D eigenvalue weighted by Gasteiger charge is 2.43. The van der Waals surface area contributed by atoms with E-state index in [4.69, 9.17) is 10.3 Å². The Hall–Kier alpha value is -3.72. The summed E-state index contributed by atoms with van der Waals surface area (Å²) in [6.07, 6.45) is 3.11. The average Bonchev–Trinajstić information content (AvgIpc) is 3.13. The van der Waals surface area contributed by atoms with Crippen molar-refractivity contribution in [3.63, 3.8) is 0 Å². The molecule has 0 unspecified atom stereocenters. The minimum Gasteiger partial charge on any atom is -0.330 e. The number of aryl methyl sites for hydroxylation is 2. The first-order valence-corrected chi connectivity index (χ1v) is 9.56. The fourth-order valence-electron chi connectivity index (χ4n) is 4.44. The van der Waals surface area contributed by atoms with Crippen molar-refractivity contribution >= 4 is 24.2 Å². The molecule has 0 radical (unpaired) electrons. The Morgan fingerprint density at radius 2 is 1.60 bits per heavy atom. The molecule has 2 aromatic carbocycles. The van der Waals surface area contributed by atoms with Crippen molar-refractivity contribution < 1.29 is 14.1 Å². The molecule has 4 rings (SSSR count). The molecule has 1 aliphatic carbocycles. The molecule has 2 amide bonds. The number of anilines is 2. The SMILES string of the molecule is NCCC1(c2noc(=O)[nH]2)c2ccc(NC=O)cc2CCc2cc(NC=O)ccc21. The molecule has 9 nitrogen and oxygen atoms in total. The molecule has 30 heavy (non-hydrogen) atoms. The van der Waals surface area contributed by atoms with E-state index >= 15 is 0 Å². The maximum Gasteiger partial charge on any atom is 0.438 e. The van der Waals surface area contributed by atoms with Gasteiger partial charge in [-0.25, -0.2) is 4.79 Å². The molecule has 1 aliphatic rings. The van der Waals surface area contributed by atoms with E-state index in [1.807, 2.05) is 36.4 Å². The second-order valence-corrected chi connectivity index (χ2v) is 7.16. The molecular weight excluding hydrogens is 386 g/mol. The standard InChI is InChI=1S/C21H21N5O4/c22-8-7-21(19-25-20(29)30-26-19)17-5-3-15(23-11-27)9-13(17)1-2-14-10-16(24-12-28)4-6-18(14)21/h3-6,9-12H,1-2,7-8,22H2,(H,23,27)(H,24,28)(H,25,26,29). The number of benzene rings is 2. The van der Waals surface area contributed by atoms with Gasteiger partial charge in [-0.3, -0.25) is 19.1 Å². The molecule has 1 aromatic heterocycles. The average molecular weight is 407 g/mol. The molecule has 0 spiro atoms. The van der Waals surface area contributed by atoms with Crippen LogP contribution in [-0.4, -0.2) is 29.5 Å². The van der Waals surface area contributed by atoms with E-state index in [0.717, 1.165) is 22.3 Å². The highest BCUT2D eigenvalue weighted by molar-refractivity contribution is 5.74. The van der Waals surface area contributed by atoms with Crippen LogP contribution in [0, 0.1) is 0 Å². The van der Waals surface area contributed by atoms with E-state index in [2.05, 4.69) is 20.8 Å². The van der Waals surface area contributed by atoms with Crippen LogP contribution in [0.3, 0.4) is 0 Å². The Kier molecular flexibility index (Phi) is 5.20. The minimum absolute atomic E-state index is 0.330. The quantitative estimate of drug-likeness (QED) is 0.435. The van der Waals surface area contributed by atoms with Gasteiger partial charge in [0.25, 0.3) is 0 Å². The number of nitrogens with one attached hydrogen (secondary N) is 3. The summed E-state index contributed by atoms with van der Waals surface area (Å²) in [5.74, 6) is -0.276. The summed E-state index contributed by atoms with van der Waals surface area (Å²) in [5, 5.41) is 9.41. The molecule has 154 valence electrons. The van der Waals surface area contributed by atoms with Gasteiger partial charge in [-0.05, 0) is 72.3 Å². The Bertz CT molecular complexity index is 1090. The maximum atomic E-state index is 11.9. The number of nitrogens with two attached hydrogens (primary N) is 1. The smallest absolute Gasteiger partial charge is 0.330 e. The molecule has 0 atom stereocenters. The Morgan fingerprint density at radius 3 is 2.03 bits per heavy atom. The van der Waals surface area contributed by atoms with Gasteiger partial charge in [0.2, 0.25) is 12.8 Å². The summed E-state index contributed by atoms with van der Waals surface area (Å²) in [6, 6.07) is 11.3. The van der Waals surface area contributed by atoms with Gasteiger partial charge in [0.15, 0.2) is 5.82 Å². The van der Waals surface area contributed by atoms with E-state index in [1.165, 1.54) is 0 Å². The number of aromatic nitrogens is 2. The number of H-pyrrole nitrogens is 1. The van der Waals surface area contributed by atoms with Crippen molar-refractivity contribution in [2.75, 3.05) is 17.2 Å². The zero-order valence-electron chi connectivity index (χ0n) is 16.1. The number of carbonyl (C=O) groups excluding carboxylic acids is 2. The van der Waals surface area contributed by atoms with Gasteiger partial charge < -0.3 is 16.4 Å². The Morgan fingerprint density at radius 1 is 1.03 bits per heavy atom. The monoisotopic (exact) mass is 407 g/mol. The molecule has 0 saturated heterocycles. The van der Waals surface area contributed by atoms with Crippen LogP contribution in [0.5, 0.6) is 0 Å². The first-order chi connectivity index (χ1) is 14.6. The van der Waals surface area contributed by atoms with Gasteiger partial charge >= 0.3 is 5.76 Å². The largest absolute Gasteiger partial charge is 0.438 e. The zero-order valence-corrected chi connectivity index (χ0v) is 16.1. The van der Waals surface area contributed by atoms with E-state index in [1.54, 1.807) is 0 Å². The number of carbonyl (C=O) groups is 2. The lowest BCUT2D eigenvalue weighted by atomic mass is 9.69. The molecule has 1 heterocycles.